The van der Waals surface area contributed by atoms with E-state index in [1.165, 1.54) is 59.6 Å². The van der Waals surface area contributed by atoms with Gasteiger partial charge >= 0.3 is 0 Å². The molecule has 9 nitrogen and oxygen atoms in total. The SMILES string of the molecule is COc1cc(Cl)cc(OC)c1N=NC(C(C)=O)C(=O)Nc1c(OC)cc(Cl)cc1OC. The van der Waals surface area contributed by atoms with E-state index in [0.717, 1.165) is 0 Å². The fourth-order valence-electron chi connectivity index (χ4n) is 2.59. The molecule has 0 aliphatic heterocycles. The smallest absolute Gasteiger partial charge is 0.259 e. The van der Waals surface area contributed by atoms with Crippen molar-refractivity contribution in [2.75, 3.05) is 33.8 Å². The molecule has 1 atom stereocenters. The molecule has 31 heavy (non-hydrogen) atoms. The molecule has 1 N–H and O–H groups in total. The van der Waals surface area contributed by atoms with Gasteiger partial charge in [-0.1, -0.05) is 23.2 Å². The van der Waals surface area contributed by atoms with Crippen molar-refractivity contribution < 1.29 is 28.5 Å². The molecule has 0 radical (unpaired) electrons. The molecule has 2 aromatic rings. The van der Waals surface area contributed by atoms with E-state index >= 15 is 0 Å². The molecule has 0 saturated carbocycles. The molecule has 1 unspecified atom stereocenters. The van der Waals surface area contributed by atoms with Gasteiger partial charge in [0.1, 0.15) is 17.2 Å². The second-order valence-electron chi connectivity index (χ2n) is 6.06. The fourth-order valence-corrected chi connectivity index (χ4v) is 2.98. The van der Waals surface area contributed by atoms with Crippen LogP contribution in [0.2, 0.25) is 10.0 Å². The number of benzene rings is 2. The van der Waals surface area contributed by atoms with Gasteiger partial charge in [0.15, 0.2) is 23.0 Å². The van der Waals surface area contributed by atoms with Crippen molar-refractivity contribution in [3.63, 3.8) is 0 Å². The number of hydrogen-bond donors (Lipinski definition) is 1. The second-order valence-corrected chi connectivity index (χ2v) is 6.94. The van der Waals surface area contributed by atoms with Crippen molar-refractivity contribution in [1.82, 2.24) is 0 Å². The summed E-state index contributed by atoms with van der Waals surface area (Å²) in [5.41, 5.74) is 0.373. The predicted octanol–water partition coefficient (Wildman–Crippen LogP) is 4.71. The molecule has 2 aromatic carbocycles. The number of Topliss-reactive ketones (excluding diaryl/α,β-unsaturated/α-hetero) is 1. The monoisotopic (exact) mass is 469 g/mol. The molecule has 0 spiro atoms. The van der Waals surface area contributed by atoms with Crippen molar-refractivity contribution in [2.24, 2.45) is 10.2 Å². The Bertz CT molecular complexity index is 962. The summed E-state index contributed by atoms with van der Waals surface area (Å²) in [5.74, 6) is -0.272. The van der Waals surface area contributed by atoms with Crippen molar-refractivity contribution in [3.8, 4) is 23.0 Å². The first-order chi connectivity index (χ1) is 14.7. The summed E-state index contributed by atoms with van der Waals surface area (Å²) >= 11 is 12.0. The molecule has 2 rings (SSSR count). The number of azo groups is 1. The number of carbonyl (C=O) groups excluding carboxylic acids is 2. The van der Waals surface area contributed by atoms with E-state index < -0.39 is 17.7 Å². The Morgan fingerprint density at radius 1 is 0.839 bits per heavy atom. The number of carbonyl (C=O) groups is 2. The Morgan fingerprint density at radius 3 is 1.65 bits per heavy atom. The fraction of sp³-hybridized carbons (Fsp3) is 0.300. The Hall–Kier alpha value is -3.04. The van der Waals surface area contributed by atoms with E-state index in [-0.39, 0.29) is 34.4 Å². The van der Waals surface area contributed by atoms with Gasteiger partial charge < -0.3 is 24.3 Å². The van der Waals surface area contributed by atoms with E-state index in [0.29, 0.717) is 10.0 Å². The standard InChI is InChI=1S/C20H21Cl2N3O6/c1-10(26)17(24-25-19-15(30-4)8-12(22)9-16(19)31-5)20(27)23-18-13(28-2)6-11(21)7-14(18)29-3/h6-9,17H,1-5H3,(H,23,27). The minimum Gasteiger partial charge on any atom is -0.494 e. The highest BCUT2D eigenvalue weighted by atomic mass is 35.5. The van der Waals surface area contributed by atoms with Gasteiger partial charge in [0.05, 0.1) is 28.4 Å². The van der Waals surface area contributed by atoms with E-state index in [4.69, 9.17) is 42.1 Å². The summed E-state index contributed by atoms with van der Waals surface area (Å²) in [5, 5.41) is 11.2. The molecule has 0 heterocycles. The van der Waals surface area contributed by atoms with Crippen molar-refractivity contribution in [3.05, 3.63) is 34.3 Å². The average Bonchev–Trinajstić information content (AvgIpc) is 2.74. The van der Waals surface area contributed by atoms with Crippen LogP contribution in [0.25, 0.3) is 0 Å². The van der Waals surface area contributed by atoms with Gasteiger partial charge in [-0.15, -0.1) is 5.11 Å². The maximum atomic E-state index is 12.8. The van der Waals surface area contributed by atoms with Crippen LogP contribution in [-0.2, 0) is 9.59 Å². The maximum Gasteiger partial charge on any atom is 0.259 e. The van der Waals surface area contributed by atoms with Crippen LogP contribution >= 0.6 is 23.2 Å². The minimum atomic E-state index is -1.46. The van der Waals surface area contributed by atoms with E-state index in [2.05, 4.69) is 15.5 Å². The molecular formula is C20H21Cl2N3O6. The molecule has 0 aliphatic carbocycles. The maximum absolute atomic E-state index is 12.8. The van der Waals surface area contributed by atoms with Crippen molar-refractivity contribution >= 4 is 46.3 Å². The van der Waals surface area contributed by atoms with E-state index in [1.54, 1.807) is 0 Å². The number of nitrogens with zero attached hydrogens (tertiary/aromatic N) is 2. The van der Waals surface area contributed by atoms with Gasteiger partial charge in [0.25, 0.3) is 5.91 Å². The zero-order valence-corrected chi connectivity index (χ0v) is 19.0. The highest BCUT2D eigenvalue weighted by Crippen LogP contribution is 2.41. The van der Waals surface area contributed by atoms with E-state index in [9.17, 15) is 9.59 Å². The third kappa shape index (κ3) is 5.77. The number of halogens is 2. The van der Waals surface area contributed by atoms with Gasteiger partial charge in [-0.05, 0) is 6.92 Å². The van der Waals surface area contributed by atoms with Crippen LogP contribution in [0.1, 0.15) is 6.92 Å². The molecule has 0 bridgehead atoms. The van der Waals surface area contributed by atoms with Crippen LogP contribution in [-0.4, -0.2) is 46.2 Å². The second kappa shape index (κ2) is 10.8. The van der Waals surface area contributed by atoms with E-state index in [1.807, 2.05) is 0 Å². The van der Waals surface area contributed by atoms with Gasteiger partial charge in [0.2, 0.25) is 6.04 Å². The van der Waals surface area contributed by atoms with Crippen LogP contribution in [0.5, 0.6) is 23.0 Å². The Labute approximate surface area is 189 Å². The normalized spacial score (nSPS) is 11.7. The van der Waals surface area contributed by atoms with Crippen molar-refractivity contribution in [2.45, 2.75) is 13.0 Å². The highest BCUT2D eigenvalue weighted by molar-refractivity contribution is 6.31. The van der Waals surface area contributed by atoms with Gasteiger partial charge in [0, 0.05) is 34.3 Å². The molecule has 166 valence electrons. The number of methoxy groups -OCH3 is 4. The molecule has 0 fully saturated rings. The number of ether oxygens (including phenoxy) is 4. The van der Waals surface area contributed by atoms with Crippen LogP contribution in [0.4, 0.5) is 11.4 Å². The van der Waals surface area contributed by atoms with Gasteiger partial charge in [-0.25, -0.2) is 0 Å². The third-order valence-corrected chi connectivity index (χ3v) is 4.51. The summed E-state index contributed by atoms with van der Waals surface area (Å²) in [7, 11) is 5.64. The van der Waals surface area contributed by atoms with Crippen LogP contribution < -0.4 is 24.3 Å². The van der Waals surface area contributed by atoms with Gasteiger partial charge in [-0.3, -0.25) is 9.59 Å². The summed E-state index contributed by atoms with van der Waals surface area (Å²) in [6.07, 6.45) is 0. The molecule has 1 amide bonds. The van der Waals surface area contributed by atoms with Crippen LogP contribution in [0.15, 0.2) is 34.5 Å². The van der Waals surface area contributed by atoms with Crippen molar-refractivity contribution in [1.29, 1.82) is 0 Å². The molecule has 0 aliphatic rings. The van der Waals surface area contributed by atoms with Crippen LogP contribution in [0, 0.1) is 0 Å². The lowest BCUT2D eigenvalue weighted by molar-refractivity contribution is -0.126. The Balaban J connectivity index is 2.41. The molecule has 0 aromatic heterocycles. The number of hydrogen-bond acceptors (Lipinski definition) is 8. The first-order valence-corrected chi connectivity index (χ1v) is 9.56. The predicted molar refractivity (Wildman–Crippen MR) is 117 cm³/mol. The Kier molecular flexibility index (Phi) is 8.47. The summed E-state index contributed by atoms with van der Waals surface area (Å²) in [4.78, 5) is 25.0. The lowest BCUT2D eigenvalue weighted by Gasteiger charge is -2.16. The first-order valence-electron chi connectivity index (χ1n) is 8.80. The van der Waals surface area contributed by atoms with Gasteiger partial charge in [-0.2, -0.15) is 5.11 Å². The quantitative estimate of drug-likeness (QED) is 0.420. The molecule has 11 heteroatoms. The zero-order valence-electron chi connectivity index (χ0n) is 17.5. The minimum absolute atomic E-state index is 0.176. The topological polar surface area (TPSA) is 108 Å². The van der Waals surface area contributed by atoms with Crippen LogP contribution in [0.3, 0.4) is 0 Å². The number of rotatable bonds is 9. The number of amides is 1. The first kappa shape index (κ1) is 24.2. The Morgan fingerprint density at radius 2 is 1.26 bits per heavy atom. The largest absolute Gasteiger partial charge is 0.494 e. The average molecular weight is 470 g/mol. The summed E-state index contributed by atoms with van der Waals surface area (Å²) < 4.78 is 21.0. The number of anilines is 1. The zero-order chi connectivity index (χ0) is 23.1. The number of nitrogens with one attached hydrogen (secondary N) is 1. The summed E-state index contributed by atoms with van der Waals surface area (Å²) in [6, 6.07) is 4.53. The summed E-state index contributed by atoms with van der Waals surface area (Å²) in [6.45, 7) is 1.22. The lowest BCUT2D eigenvalue weighted by Crippen LogP contribution is -2.32. The highest BCUT2D eigenvalue weighted by Gasteiger charge is 2.26. The molecular weight excluding hydrogens is 449 g/mol. The molecule has 0 saturated heterocycles. The third-order valence-electron chi connectivity index (χ3n) is 4.07. The lowest BCUT2D eigenvalue weighted by atomic mass is 10.2. The number of ketones is 1.